The molecule has 0 saturated carbocycles. The highest BCUT2D eigenvalue weighted by Gasteiger charge is 2.30. The molecule has 0 aliphatic carbocycles. The number of nitrogen functional groups attached to an aromatic ring is 1. The zero-order chi connectivity index (χ0) is 18.2. The number of nitrogens with two attached hydrogens (primary N) is 2. The van der Waals surface area contributed by atoms with E-state index in [-0.39, 0.29) is 35.2 Å². The van der Waals surface area contributed by atoms with Gasteiger partial charge in [0.1, 0.15) is 5.75 Å². The molecule has 0 saturated heterocycles. The summed E-state index contributed by atoms with van der Waals surface area (Å²) < 4.78 is 32.2. The number of benzene rings is 1. The first kappa shape index (κ1) is 17.1. The fourth-order valence-electron chi connectivity index (χ4n) is 2.69. The average Bonchev–Trinajstić information content (AvgIpc) is 2.60. The van der Waals surface area contributed by atoms with Crippen molar-refractivity contribution in [3.63, 3.8) is 0 Å². The second-order valence-corrected chi connectivity index (χ2v) is 7.45. The minimum atomic E-state index is -3.83. The summed E-state index contributed by atoms with van der Waals surface area (Å²) in [5.41, 5.74) is 12.3. The van der Waals surface area contributed by atoms with E-state index in [1.807, 2.05) is 0 Å². The van der Waals surface area contributed by atoms with Crippen molar-refractivity contribution in [2.45, 2.75) is 17.9 Å². The molecule has 2 aromatic rings. The standard InChI is InChI=1S/C15H17N5O4S/c1-24-13-3-2-10(6-11(13)14(16)21)25(22,23)20-5-4-9-7-18-15(17)19-12(9)8-20/h2-3,6-7H,4-5,8H2,1H3,(H2,16,21)(H2,17,18,19). The molecule has 4 N–H and O–H groups in total. The van der Waals surface area contributed by atoms with Gasteiger partial charge in [-0.3, -0.25) is 4.79 Å². The van der Waals surface area contributed by atoms with Gasteiger partial charge in [0, 0.05) is 12.7 Å². The molecule has 1 amide bonds. The van der Waals surface area contributed by atoms with Crippen LogP contribution in [0.2, 0.25) is 0 Å². The van der Waals surface area contributed by atoms with Crippen LogP contribution in [0.5, 0.6) is 5.75 Å². The molecular weight excluding hydrogens is 346 g/mol. The van der Waals surface area contributed by atoms with Crippen LogP contribution in [0.15, 0.2) is 29.3 Å². The monoisotopic (exact) mass is 363 g/mol. The summed E-state index contributed by atoms with van der Waals surface area (Å²) in [5, 5.41) is 0. The number of primary amides is 1. The predicted octanol–water partition coefficient (Wildman–Crippen LogP) is -0.0867. The van der Waals surface area contributed by atoms with Gasteiger partial charge >= 0.3 is 0 Å². The van der Waals surface area contributed by atoms with E-state index in [0.29, 0.717) is 12.1 Å². The van der Waals surface area contributed by atoms with Crippen LogP contribution in [0.25, 0.3) is 0 Å². The molecule has 0 radical (unpaired) electrons. The van der Waals surface area contributed by atoms with Crippen LogP contribution in [0.4, 0.5) is 5.95 Å². The quantitative estimate of drug-likeness (QED) is 0.773. The van der Waals surface area contributed by atoms with Crippen molar-refractivity contribution in [3.05, 3.63) is 41.2 Å². The van der Waals surface area contributed by atoms with E-state index in [9.17, 15) is 13.2 Å². The van der Waals surface area contributed by atoms with Gasteiger partial charge < -0.3 is 16.2 Å². The number of nitrogens with zero attached hydrogens (tertiary/aromatic N) is 3. The Kier molecular flexibility index (Phi) is 4.31. The lowest BCUT2D eigenvalue weighted by Crippen LogP contribution is -2.36. The molecule has 0 spiro atoms. The topological polar surface area (TPSA) is 142 Å². The minimum Gasteiger partial charge on any atom is -0.496 e. The number of carbonyl (C=O) groups is 1. The number of rotatable bonds is 4. The van der Waals surface area contributed by atoms with E-state index < -0.39 is 15.9 Å². The van der Waals surface area contributed by atoms with Crippen molar-refractivity contribution in [1.29, 1.82) is 0 Å². The number of aromatic nitrogens is 2. The van der Waals surface area contributed by atoms with Gasteiger partial charge in [0.05, 0.1) is 29.8 Å². The summed E-state index contributed by atoms with van der Waals surface area (Å²) in [4.78, 5) is 19.5. The normalized spacial score (nSPS) is 14.8. The van der Waals surface area contributed by atoms with Crippen LogP contribution in [-0.2, 0) is 23.0 Å². The highest BCUT2D eigenvalue weighted by atomic mass is 32.2. The van der Waals surface area contributed by atoms with Gasteiger partial charge in [-0.05, 0) is 30.2 Å². The van der Waals surface area contributed by atoms with Crippen molar-refractivity contribution in [3.8, 4) is 5.75 Å². The molecule has 132 valence electrons. The summed E-state index contributed by atoms with van der Waals surface area (Å²) in [6.45, 7) is 0.364. The van der Waals surface area contributed by atoms with E-state index in [4.69, 9.17) is 16.2 Å². The summed E-state index contributed by atoms with van der Waals surface area (Å²) in [6, 6.07) is 4.01. The molecule has 1 aliphatic heterocycles. The molecule has 1 aliphatic rings. The molecular formula is C15H17N5O4S. The third kappa shape index (κ3) is 3.13. The Labute approximate surface area is 144 Å². The van der Waals surface area contributed by atoms with Crippen LogP contribution < -0.4 is 16.2 Å². The molecule has 10 heteroatoms. The first-order valence-electron chi connectivity index (χ1n) is 7.41. The number of ether oxygens (including phenoxy) is 1. The highest BCUT2D eigenvalue weighted by molar-refractivity contribution is 7.89. The van der Waals surface area contributed by atoms with Crippen molar-refractivity contribution >= 4 is 21.9 Å². The van der Waals surface area contributed by atoms with Gasteiger partial charge in [-0.1, -0.05) is 0 Å². The van der Waals surface area contributed by atoms with Gasteiger partial charge in [-0.2, -0.15) is 4.31 Å². The van der Waals surface area contributed by atoms with Crippen molar-refractivity contribution in [1.82, 2.24) is 14.3 Å². The molecule has 1 aromatic heterocycles. The summed E-state index contributed by atoms with van der Waals surface area (Å²) in [6.07, 6.45) is 2.09. The van der Waals surface area contributed by atoms with Crippen molar-refractivity contribution < 1.29 is 17.9 Å². The van der Waals surface area contributed by atoms with Crippen LogP contribution in [0.3, 0.4) is 0 Å². The summed E-state index contributed by atoms with van der Waals surface area (Å²) >= 11 is 0. The number of anilines is 1. The fourth-order valence-corrected chi connectivity index (χ4v) is 4.12. The smallest absolute Gasteiger partial charge is 0.252 e. The van der Waals surface area contributed by atoms with E-state index in [0.717, 1.165) is 5.56 Å². The second kappa shape index (κ2) is 6.30. The van der Waals surface area contributed by atoms with Crippen molar-refractivity contribution in [2.24, 2.45) is 5.73 Å². The SMILES string of the molecule is COc1ccc(S(=O)(=O)N2CCc3cnc(N)nc3C2)cc1C(N)=O. The Morgan fingerprint density at radius 3 is 2.80 bits per heavy atom. The van der Waals surface area contributed by atoms with Gasteiger partial charge in [-0.25, -0.2) is 18.4 Å². The molecule has 0 fully saturated rings. The van der Waals surface area contributed by atoms with Crippen LogP contribution in [-0.4, -0.2) is 42.3 Å². The lowest BCUT2D eigenvalue weighted by Gasteiger charge is -2.27. The zero-order valence-electron chi connectivity index (χ0n) is 13.5. The number of carbonyl (C=O) groups excluding carboxylic acids is 1. The van der Waals surface area contributed by atoms with Crippen LogP contribution >= 0.6 is 0 Å². The molecule has 25 heavy (non-hydrogen) atoms. The molecule has 0 bridgehead atoms. The largest absolute Gasteiger partial charge is 0.496 e. The number of hydrogen-bond donors (Lipinski definition) is 2. The number of amides is 1. The Bertz CT molecular complexity index is 945. The Hall–Kier alpha value is -2.72. The average molecular weight is 363 g/mol. The number of fused-ring (bicyclic) bond motifs is 1. The summed E-state index contributed by atoms with van der Waals surface area (Å²) in [5.74, 6) is -0.451. The molecule has 0 unspecified atom stereocenters. The minimum absolute atomic E-state index is 0.00699. The number of hydrogen-bond acceptors (Lipinski definition) is 7. The van der Waals surface area contributed by atoms with Gasteiger partial charge in [0.2, 0.25) is 16.0 Å². The Morgan fingerprint density at radius 1 is 1.36 bits per heavy atom. The Morgan fingerprint density at radius 2 is 2.12 bits per heavy atom. The summed E-state index contributed by atoms with van der Waals surface area (Å²) in [7, 11) is -2.45. The van der Waals surface area contributed by atoms with Crippen molar-refractivity contribution in [2.75, 3.05) is 19.4 Å². The maximum absolute atomic E-state index is 12.9. The molecule has 0 atom stereocenters. The zero-order valence-corrected chi connectivity index (χ0v) is 14.3. The van der Waals surface area contributed by atoms with Crippen LogP contribution in [0, 0.1) is 0 Å². The lowest BCUT2D eigenvalue weighted by molar-refractivity contribution is 0.0997. The second-order valence-electron chi connectivity index (χ2n) is 5.52. The van der Waals surface area contributed by atoms with Gasteiger partial charge in [0.25, 0.3) is 5.91 Å². The molecule has 1 aromatic carbocycles. The first-order valence-corrected chi connectivity index (χ1v) is 8.85. The highest BCUT2D eigenvalue weighted by Crippen LogP contribution is 2.27. The maximum atomic E-state index is 12.9. The third-order valence-corrected chi connectivity index (χ3v) is 5.84. The maximum Gasteiger partial charge on any atom is 0.252 e. The lowest BCUT2D eigenvalue weighted by atomic mass is 10.1. The van der Waals surface area contributed by atoms with E-state index in [2.05, 4.69) is 9.97 Å². The van der Waals surface area contributed by atoms with Gasteiger partial charge in [0.15, 0.2) is 0 Å². The van der Waals surface area contributed by atoms with E-state index in [1.165, 1.54) is 29.6 Å². The predicted molar refractivity (Wildman–Crippen MR) is 89.3 cm³/mol. The fraction of sp³-hybridized carbons (Fsp3) is 0.267. The van der Waals surface area contributed by atoms with E-state index >= 15 is 0 Å². The molecule has 3 rings (SSSR count). The third-order valence-electron chi connectivity index (χ3n) is 4.00. The molecule has 2 heterocycles. The number of sulfonamides is 1. The Balaban J connectivity index is 1.97. The van der Waals surface area contributed by atoms with Crippen LogP contribution in [0.1, 0.15) is 21.6 Å². The number of methoxy groups -OCH3 is 1. The van der Waals surface area contributed by atoms with Gasteiger partial charge in [-0.15, -0.1) is 0 Å². The first-order chi connectivity index (χ1) is 11.8. The van der Waals surface area contributed by atoms with E-state index in [1.54, 1.807) is 6.20 Å². The molecule has 9 nitrogen and oxygen atoms in total.